The normalized spacial score (nSPS) is 18.2. The summed E-state index contributed by atoms with van der Waals surface area (Å²) in [5.41, 5.74) is 13.5. The van der Waals surface area contributed by atoms with Crippen LogP contribution in [-0.2, 0) is 92.2 Å². The number of ketones is 6. The Balaban J connectivity index is 0.000000139. The molecule has 6 aliphatic heterocycles. The third kappa shape index (κ3) is 14.0. The first-order chi connectivity index (χ1) is 39.8. The zero-order valence-electron chi connectivity index (χ0n) is 47.5. The first-order valence-corrected chi connectivity index (χ1v) is 28.3. The van der Waals surface area contributed by atoms with Crippen molar-refractivity contribution in [2.45, 2.75) is 135 Å². The van der Waals surface area contributed by atoms with E-state index in [1.807, 2.05) is 55.8 Å². The van der Waals surface area contributed by atoms with Crippen LogP contribution in [0, 0.1) is 0 Å². The number of hydrogen-bond donors (Lipinski definition) is 4. The highest BCUT2D eigenvalue weighted by atomic mass is 16.5. The van der Waals surface area contributed by atoms with Gasteiger partial charge in [-0.2, -0.15) is 0 Å². The van der Waals surface area contributed by atoms with Crippen molar-refractivity contribution in [3.05, 3.63) is 175 Å². The van der Waals surface area contributed by atoms with E-state index in [2.05, 4.69) is 43.2 Å². The summed E-state index contributed by atoms with van der Waals surface area (Å²) in [7, 11) is 0.818. The number of hydrogen-bond acceptors (Lipinski definition) is 18. The molecule has 21 heteroatoms. The van der Waals surface area contributed by atoms with E-state index in [-0.39, 0.29) is 84.3 Å². The van der Waals surface area contributed by atoms with Gasteiger partial charge in [-0.25, -0.2) is 0 Å². The van der Waals surface area contributed by atoms with E-state index in [4.69, 9.17) is 14.0 Å². The van der Waals surface area contributed by atoms with Crippen LogP contribution < -0.4 is 19.3 Å². The molecule has 9 heterocycles. The van der Waals surface area contributed by atoms with Gasteiger partial charge in [-0.05, 0) is 135 Å². The molecule has 0 aliphatic carbocycles. The van der Waals surface area contributed by atoms with Gasteiger partial charge in [0.05, 0.1) is 22.4 Å². The standard InChI is InChI=1S/2C21H23BN2O4.C20H21BN2O4/c1-13(25)19-5-3-4-15-8-17(22(27)28-21(15)19)9-18(26)7-14-6-16-11-24(2)12-20(16)23-10-14;1-13(25)20-5-3-4-14-6-17(22(27)28-21(14)20)8-19(26)9-18-7-15-11-24(2)12-16(15)10-23-18;1-12(24)19-4-2-3-13-5-16(21(26)27-20(13)19)7-18(25)8-17-6-14-9-22-10-15(14)11-23-17/h3-6,10,17,27H,7-9,11-12H2,1-2H3;3-5,7,10,17,27H,6,8-9,11-12H2,1-2H3;2-4,6,11,16,22,26H,5,7-10H2,1H3/t2*17-;16-/m111/s1. The lowest BCUT2D eigenvalue weighted by Crippen LogP contribution is -2.36. The number of carbonyl (C=O) groups excluding carboxylic acids is 6. The molecule has 426 valence electrons. The molecule has 3 aromatic carbocycles. The molecule has 0 amide bonds. The highest BCUT2D eigenvalue weighted by Crippen LogP contribution is 2.40. The number of carbonyl (C=O) groups is 6. The molecule has 0 unspecified atom stereocenters. The van der Waals surface area contributed by atoms with Gasteiger partial charge in [0.1, 0.15) is 34.6 Å². The molecule has 83 heavy (non-hydrogen) atoms. The fourth-order valence-corrected chi connectivity index (χ4v) is 12.0. The van der Waals surface area contributed by atoms with Gasteiger partial charge < -0.3 is 34.4 Å². The van der Waals surface area contributed by atoms with Gasteiger partial charge in [0, 0.05) is 125 Å². The van der Waals surface area contributed by atoms with E-state index in [0.29, 0.717) is 59.6 Å². The lowest BCUT2D eigenvalue weighted by molar-refractivity contribution is -0.119. The van der Waals surface area contributed by atoms with Gasteiger partial charge in [0.25, 0.3) is 0 Å². The fraction of sp³-hybridized carbons (Fsp3) is 0.371. The highest BCUT2D eigenvalue weighted by molar-refractivity contribution is 6.48. The maximum absolute atomic E-state index is 12.6. The maximum atomic E-state index is 12.6. The number of pyridine rings is 3. The van der Waals surface area contributed by atoms with Crippen LogP contribution in [0.4, 0.5) is 0 Å². The zero-order chi connectivity index (χ0) is 58.6. The molecule has 0 bridgehead atoms. The van der Waals surface area contributed by atoms with E-state index in [1.54, 1.807) is 36.5 Å². The maximum Gasteiger partial charge on any atom is 0.526 e. The van der Waals surface area contributed by atoms with Crippen molar-refractivity contribution in [2.75, 3.05) is 14.1 Å². The van der Waals surface area contributed by atoms with Gasteiger partial charge in [-0.1, -0.05) is 42.5 Å². The predicted octanol–water partition coefficient (Wildman–Crippen LogP) is 6.31. The Labute approximate surface area is 483 Å². The third-order valence-electron chi connectivity index (χ3n) is 16.2. The Hall–Kier alpha value is -7.52. The Morgan fingerprint density at radius 1 is 0.494 bits per heavy atom. The molecule has 18 nitrogen and oxygen atoms in total. The van der Waals surface area contributed by atoms with Crippen molar-refractivity contribution in [1.82, 2.24) is 30.1 Å². The molecular formula is C62H67B3N6O12. The SMILES string of the molecule is CC(=O)c1cccc2c1OB(O)[C@@H](CC(=O)Cc1cc3c(cn1)CN(C)C3)C2.CC(=O)c1cccc2c1OB(O)[C@@H](CC(=O)Cc1cc3c(cn1)CNC3)C2.CC(=O)c1cccc2c1OB(O)[C@@H](CC(=O)Cc1cnc3c(c1)CN(C)C3)C2. The third-order valence-corrected chi connectivity index (χ3v) is 16.2. The topological polar surface area (TPSA) is 248 Å². The summed E-state index contributed by atoms with van der Waals surface area (Å²) >= 11 is 0. The zero-order valence-corrected chi connectivity index (χ0v) is 47.5. The number of benzene rings is 3. The monoisotopic (exact) mass is 1120 g/mol. The number of para-hydroxylation sites is 3. The molecule has 0 saturated carbocycles. The molecule has 0 fully saturated rings. The molecule has 4 N–H and O–H groups in total. The van der Waals surface area contributed by atoms with Crippen molar-refractivity contribution in [1.29, 1.82) is 0 Å². The molecule has 3 aromatic heterocycles. The summed E-state index contributed by atoms with van der Waals surface area (Å²) < 4.78 is 16.9. The molecule has 0 spiro atoms. The molecule has 6 aromatic rings. The smallest absolute Gasteiger partial charge is 0.526 e. The molecular weight excluding hydrogens is 1050 g/mol. The van der Waals surface area contributed by atoms with Crippen LogP contribution >= 0.6 is 0 Å². The van der Waals surface area contributed by atoms with Crippen LogP contribution in [-0.4, -0.2) is 110 Å². The summed E-state index contributed by atoms with van der Waals surface area (Å²) in [4.78, 5) is 90.7. The van der Waals surface area contributed by atoms with E-state index in [1.165, 1.54) is 48.6 Å². The van der Waals surface area contributed by atoms with Crippen molar-refractivity contribution in [3.63, 3.8) is 0 Å². The largest absolute Gasteiger partial charge is 0.535 e. The molecule has 6 aliphatic rings. The second-order valence-electron chi connectivity index (χ2n) is 23.0. The highest BCUT2D eigenvalue weighted by Gasteiger charge is 2.40. The number of nitrogens with zero attached hydrogens (tertiary/aromatic N) is 5. The number of nitrogens with one attached hydrogen (secondary N) is 1. The van der Waals surface area contributed by atoms with Crippen LogP contribution in [0.3, 0.4) is 0 Å². The Bertz CT molecular complexity index is 3370. The van der Waals surface area contributed by atoms with Crippen molar-refractivity contribution in [3.8, 4) is 17.2 Å². The van der Waals surface area contributed by atoms with E-state index in [0.717, 1.165) is 78.6 Å². The number of Topliss-reactive ketones (excluding diaryl/α,β-unsaturated/α-hetero) is 6. The van der Waals surface area contributed by atoms with Crippen LogP contribution in [0.25, 0.3) is 0 Å². The molecule has 0 saturated heterocycles. The van der Waals surface area contributed by atoms with Gasteiger partial charge in [0.15, 0.2) is 17.3 Å². The van der Waals surface area contributed by atoms with E-state index in [9.17, 15) is 43.8 Å². The second kappa shape index (κ2) is 25.5. The minimum absolute atomic E-state index is 0.0206. The Kier molecular flexibility index (Phi) is 18.1. The van der Waals surface area contributed by atoms with Crippen LogP contribution in [0.1, 0.15) is 138 Å². The van der Waals surface area contributed by atoms with E-state index < -0.39 is 21.4 Å². The predicted molar refractivity (Wildman–Crippen MR) is 311 cm³/mol. The fourth-order valence-electron chi connectivity index (χ4n) is 12.0. The van der Waals surface area contributed by atoms with Gasteiger partial charge in [-0.15, -0.1) is 0 Å². The average Bonchev–Trinajstić information content (AvgIpc) is 3.72. The Morgan fingerprint density at radius 3 is 1.39 bits per heavy atom. The molecule has 12 rings (SSSR count). The second-order valence-corrected chi connectivity index (χ2v) is 23.0. The van der Waals surface area contributed by atoms with Crippen LogP contribution in [0.2, 0.25) is 17.5 Å². The average molecular weight is 1120 g/mol. The Morgan fingerprint density at radius 2 is 0.904 bits per heavy atom. The number of rotatable bonds is 15. The lowest BCUT2D eigenvalue weighted by Gasteiger charge is -2.28. The lowest BCUT2D eigenvalue weighted by atomic mass is 9.64. The first kappa shape index (κ1) is 58.7. The quantitative estimate of drug-likeness (QED) is 0.0650. The minimum Gasteiger partial charge on any atom is -0.535 e. The first-order valence-electron chi connectivity index (χ1n) is 28.3. The molecule has 3 atom stereocenters. The summed E-state index contributed by atoms with van der Waals surface area (Å²) in [6.07, 6.45) is 8.43. The number of fused-ring (bicyclic) bond motifs is 6. The van der Waals surface area contributed by atoms with Crippen LogP contribution in [0.5, 0.6) is 17.2 Å². The molecule has 0 radical (unpaired) electrons. The summed E-state index contributed by atoms with van der Waals surface area (Å²) in [6, 6.07) is 22.2. The minimum atomic E-state index is -1.10. The van der Waals surface area contributed by atoms with Crippen LogP contribution in [0.15, 0.2) is 91.4 Å². The number of aromatic nitrogens is 3. The van der Waals surface area contributed by atoms with Crippen molar-refractivity contribution >= 4 is 56.1 Å². The van der Waals surface area contributed by atoms with Gasteiger partial charge in [-0.3, -0.25) is 53.5 Å². The summed E-state index contributed by atoms with van der Waals surface area (Å²) in [5, 5.41) is 34.4. The van der Waals surface area contributed by atoms with E-state index >= 15 is 0 Å². The summed E-state index contributed by atoms with van der Waals surface area (Å²) in [6.45, 7) is 9.53. The van der Waals surface area contributed by atoms with Gasteiger partial charge in [0.2, 0.25) is 0 Å². The van der Waals surface area contributed by atoms with Gasteiger partial charge >= 0.3 is 21.4 Å². The van der Waals surface area contributed by atoms with Crippen molar-refractivity contribution < 1.29 is 57.8 Å². The van der Waals surface area contributed by atoms with Crippen molar-refractivity contribution in [2.24, 2.45) is 0 Å². The summed E-state index contributed by atoms with van der Waals surface area (Å²) in [5.74, 6) is 0.118.